The van der Waals surface area contributed by atoms with Crippen LogP contribution in [0.3, 0.4) is 0 Å². The fourth-order valence-corrected chi connectivity index (χ4v) is 2.26. The van der Waals surface area contributed by atoms with E-state index in [0.29, 0.717) is 18.6 Å². The van der Waals surface area contributed by atoms with E-state index >= 15 is 0 Å². The van der Waals surface area contributed by atoms with Crippen molar-refractivity contribution in [3.8, 4) is 11.1 Å². The Hall–Kier alpha value is -1.89. The molecule has 16 heavy (non-hydrogen) atoms. The van der Waals surface area contributed by atoms with Crippen molar-refractivity contribution < 1.29 is 4.79 Å². The van der Waals surface area contributed by atoms with Gasteiger partial charge in [-0.15, -0.1) is 0 Å². The molecule has 0 radical (unpaired) electrons. The average molecular weight is 208 g/mol. The summed E-state index contributed by atoms with van der Waals surface area (Å²) in [5.41, 5.74) is 4.81. The maximum Gasteiger partial charge on any atom is 0.141 e. The van der Waals surface area contributed by atoms with Gasteiger partial charge < -0.3 is 0 Å². The van der Waals surface area contributed by atoms with Crippen molar-refractivity contribution >= 4 is 5.78 Å². The summed E-state index contributed by atoms with van der Waals surface area (Å²) in [6.45, 7) is 0. The SMILES string of the molecule is O=C1Cc2ccc(-c3ccccc3)cc2C1. The monoisotopic (exact) mass is 208 g/mol. The first kappa shape index (κ1) is 9.34. The molecule has 1 aliphatic carbocycles. The van der Waals surface area contributed by atoms with Gasteiger partial charge in [-0.2, -0.15) is 0 Å². The number of benzene rings is 2. The zero-order valence-electron chi connectivity index (χ0n) is 8.94. The second kappa shape index (κ2) is 3.60. The van der Waals surface area contributed by atoms with Crippen molar-refractivity contribution in [2.75, 3.05) is 0 Å². The second-order valence-corrected chi connectivity index (χ2v) is 4.24. The number of hydrogen-bond donors (Lipinski definition) is 0. The molecule has 0 bridgehead atoms. The number of Topliss-reactive ketones (excluding diaryl/α,β-unsaturated/α-hetero) is 1. The van der Waals surface area contributed by atoms with Gasteiger partial charge in [-0.05, 0) is 22.3 Å². The van der Waals surface area contributed by atoms with E-state index in [-0.39, 0.29) is 0 Å². The molecule has 2 aromatic carbocycles. The van der Waals surface area contributed by atoms with Gasteiger partial charge in [-0.25, -0.2) is 0 Å². The molecule has 78 valence electrons. The molecule has 0 saturated carbocycles. The third-order valence-corrected chi connectivity index (χ3v) is 3.09. The van der Waals surface area contributed by atoms with Crippen LogP contribution in [0.15, 0.2) is 48.5 Å². The van der Waals surface area contributed by atoms with Crippen molar-refractivity contribution in [2.24, 2.45) is 0 Å². The van der Waals surface area contributed by atoms with Crippen LogP contribution in [0, 0.1) is 0 Å². The van der Waals surface area contributed by atoms with E-state index in [1.165, 1.54) is 22.3 Å². The van der Waals surface area contributed by atoms with E-state index < -0.39 is 0 Å². The Morgan fingerprint density at radius 3 is 2.31 bits per heavy atom. The Balaban J connectivity index is 2.06. The Bertz CT molecular complexity index is 541. The van der Waals surface area contributed by atoms with E-state index in [0.717, 1.165) is 0 Å². The van der Waals surface area contributed by atoms with Crippen LogP contribution in [-0.4, -0.2) is 5.78 Å². The van der Waals surface area contributed by atoms with Crippen molar-refractivity contribution in [3.63, 3.8) is 0 Å². The summed E-state index contributed by atoms with van der Waals surface area (Å²) in [6, 6.07) is 16.6. The Kier molecular flexibility index (Phi) is 2.10. The van der Waals surface area contributed by atoms with Gasteiger partial charge in [0.05, 0.1) is 0 Å². The molecule has 1 heteroatoms. The third-order valence-electron chi connectivity index (χ3n) is 3.09. The van der Waals surface area contributed by atoms with Gasteiger partial charge in [0.15, 0.2) is 0 Å². The third kappa shape index (κ3) is 1.54. The number of carbonyl (C=O) groups is 1. The van der Waals surface area contributed by atoms with Crippen LogP contribution >= 0.6 is 0 Å². The van der Waals surface area contributed by atoms with E-state index in [4.69, 9.17) is 0 Å². The minimum atomic E-state index is 0.334. The smallest absolute Gasteiger partial charge is 0.141 e. The van der Waals surface area contributed by atoms with Crippen LogP contribution in [-0.2, 0) is 17.6 Å². The quantitative estimate of drug-likeness (QED) is 0.704. The highest BCUT2D eigenvalue weighted by atomic mass is 16.1. The normalized spacial score (nSPS) is 13.9. The van der Waals surface area contributed by atoms with Crippen molar-refractivity contribution in [2.45, 2.75) is 12.8 Å². The number of hydrogen-bond acceptors (Lipinski definition) is 1. The van der Waals surface area contributed by atoms with Crippen LogP contribution in [0.1, 0.15) is 11.1 Å². The highest BCUT2D eigenvalue weighted by Crippen LogP contribution is 2.26. The molecule has 0 aromatic heterocycles. The van der Waals surface area contributed by atoms with Crippen molar-refractivity contribution in [1.82, 2.24) is 0 Å². The van der Waals surface area contributed by atoms with E-state index in [1.807, 2.05) is 18.2 Å². The van der Waals surface area contributed by atoms with Gasteiger partial charge in [0.25, 0.3) is 0 Å². The predicted octanol–water partition coefficient (Wildman–Crippen LogP) is 3.02. The van der Waals surface area contributed by atoms with E-state index in [9.17, 15) is 4.79 Å². The summed E-state index contributed by atoms with van der Waals surface area (Å²) in [5.74, 6) is 0.334. The Labute approximate surface area is 94.7 Å². The molecule has 0 heterocycles. The minimum absolute atomic E-state index is 0.334. The lowest BCUT2D eigenvalue weighted by Gasteiger charge is -2.04. The fraction of sp³-hybridized carbons (Fsp3) is 0.133. The highest BCUT2D eigenvalue weighted by Gasteiger charge is 2.18. The van der Waals surface area contributed by atoms with Crippen molar-refractivity contribution in [1.29, 1.82) is 0 Å². The van der Waals surface area contributed by atoms with Crippen LogP contribution in [0.5, 0.6) is 0 Å². The first-order chi connectivity index (χ1) is 7.83. The molecule has 0 amide bonds. The maximum absolute atomic E-state index is 11.3. The molecule has 1 aliphatic rings. The molecule has 1 nitrogen and oxygen atoms in total. The standard InChI is InChI=1S/C15H12O/c16-15-9-13-7-6-12(8-14(13)10-15)11-4-2-1-3-5-11/h1-8H,9-10H2. The van der Waals surface area contributed by atoms with Crippen LogP contribution < -0.4 is 0 Å². The number of rotatable bonds is 1. The largest absolute Gasteiger partial charge is 0.299 e. The molecule has 0 atom stereocenters. The van der Waals surface area contributed by atoms with E-state index in [2.05, 4.69) is 30.3 Å². The van der Waals surface area contributed by atoms with Gasteiger partial charge in [0.2, 0.25) is 0 Å². The average Bonchev–Trinajstić information content (AvgIpc) is 2.69. The Morgan fingerprint density at radius 1 is 0.750 bits per heavy atom. The lowest BCUT2D eigenvalue weighted by Crippen LogP contribution is -1.92. The number of carbonyl (C=O) groups excluding carboxylic acids is 1. The molecule has 2 aromatic rings. The van der Waals surface area contributed by atoms with Gasteiger partial charge in [-0.1, -0.05) is 48.5 Å². The topological polar surface area (TPSA) is 17.1 Å². The zero-order valence-corrected chi connectivity index (χ0v) is 8.94. The fourth-order valence-electron chi connectivity index (χ4n) is 2.26. The van der Waals surface area contributed by atoms with Crippen LogP contribution in [0.4, 0.5) is 0 Å². The first-order valence-electron chi connectivity index (χ1n) is 5.52. The van der Waals surface area contributed by atoms with Crippen LogP contribution in [0.25, 0.3) is 11.1 Å². The predicted molar refractivity (Wildman–Crippen MR) is 64.3 cm³/mol. The summed E-state index contributed by atoms with van der Waals surface area (Å²) in [4.78, 5) is 11.3. The molecule has 0 saturated heterocycles. The molecule has 0 unspecified atom stereocenters. The summed E-state index contributed by atoms with van der Waals surface area (Å²) < 4.78 is 0. The summed E-state index contributed by atoms with van der Waals surface area (Å²) in [6.07, 6.45) is 1.22. The summed E-state index contributed by atoms with van der Waals surface area (Å²) in [7, 11) is 0. The maximum atomic E-state index is 11.3. The van der Waals surface area contributed by atoms with E-state index in [1.54, 1.807) is 0 Å². The molecule has 0 fully saturated rings. The molecule has 0 spiro atoms. The van der Waals surface area contributed by atoms with Gasteiger partial charge in [0, 0.05) is 12.8 Å². The summed E-state index contributed by atoms with van der Waals surface area (Å²) >= 11 is 0. The van der Waals surface area contributed by atoms with Crippen LogP contribution in [0.2, 0.25) is 0 Å². The van der Waals surface area contributed by atoms with Crippen molar-refractivity contribution in [3.05, 3.63) is 59.7 Å². The second-order valence-electron chi connectivity index (χ2n) is 4.24. The molecule has 0 N–H and O–H groups in total. The Morgan fingerprint density at radius 2 is 1.50 bits per heavy atom. The summed E-state index contributed by atoms with van der Waals surface area (Å²) in [5, 5.41) is 0. The lowest BCUT2D eigenvalue weighted by molar-refractivity contribution is -0.117. The molecule has 0 aliphatic heterocycles. The minimum Gasteiger partial charge on any atom is -0.299 e. The number of fused-ring (bicyclic) bond motifs is 1. The molecular weight excluding hydrogens is 196 g/mol. The lowest BCUT2D eigenvalue weighted by atomic mass is 10.0. The number of ketones is 1. The van der Waals surface area contributed by atoms with Gasteiger partial charge >= 0.3 is 0 Å². The molecule has 3 rings (SSSR count). The highest BCUT2D eigenvalue weighted by molar-refractivity contribution is 5.88. The first-order valence-corrected chi connectivity index (χ1v) is 5.52. The zero-order chi connectivity index (χ0) is 11.0. The molecular formula is C15H12O. The van der Waals surface area contributed by atoms with Gasteiger partial charge in [0.1, 0.15) is 5.78 Å². The van der Waals surface area contributed by atoms with Gasteiger partial charge in [-0.3, -0.25) is 4.79 Å².